The molecule has 1 aromatic carbocycles. The molecular formula is C14H20BBr. The molecule has 0 fully saturated rings. The van der Waals surface area contributed by atoms with Gasteiger partial charge < -0.3 is 0 Å². The Bertz CT molecular complexity index is 324. The van der Waals surface area contributed by atoms with Gasteiger partial charge in [-0.05, 0) is 35.8 Å². The molecule has 0 heterocycles. The van der Waals surface area contributed by atoms with Gasteiger partial charge in [-0.3, -0.25) is 0 Å². The first kappa shape index (κ1) is 13.8. The molecule has 0 aliphatic heterocycles. The Labute approximate surface area is 109 Å². The van der Waals surface area contributed by atoms with E-state index >= 15 is 0 Å². The Morgan fingerprint density at radius 2 is 1.75 bits per heavy atom. The van der Waals surface area contributed by atoms with Crippen molar-refractivity contribution in [2.24, 2.45) is 11.8 Å². The number of benzene rings is 1. The normalized spacial score (nSPS) is 13.4. The van der Waals surface area contributed by atoms with Crippen molar-refractivity contribution in [2.75, 3.05) is 0 Å². The maximum absolute atomic E-state index is 5.90. The Hall–Kier alpha value is -0.235. The van der Waals surface area contributed by atoms with Crippen molar-refractivity contribution in [1.29, 1.82) is 0 Å². The van der Waals surface area contributed by atoms with E-state index in [4.69, 9.17) is 7.85 Å². The molecule has 1 rings (SSSR count). The van der Waals surface area contributed by atoms with E-state index < -0.39 is 0 Å². The fourth-order valence-corrected chi connectivity index (χ4v) is 2.68. The summed E-state index contributed by atoms with van der Waals surface area (Å²) < 4.78 is 1.08. The third-order valence-corrected chi connectivity index (χ3v) is 3.36. The van der Waals surface area contributed by atoms with Gasteiger partial charge in [-0.25, -0.2) is 0 Å². The first-order chi connectivity index (χ1) is 7.40. The number of halogens is 1. The van der Waals surface area contributed by atoms with E-state index in [2.05, 4.69) is 55.8 Å². The second-order valence-corrected chi connectivity index (χ2v) is 6.21. The zero-order valence-electron chi connectivity index (χ0n) is 10.6. The van der Waals surface area contributed by atoms with Gasteiger partial charge in [-0.1, -0.05) is 61.2 Å². The molecule has 0 nitrogen and oxygen atoms in total. The van der Waals surface area contributed by atoms with E-state index in [0.29, 0.717) is 17.8 Å². The maximum Gasteiger partial charge on any atom is 0.113 e. The van der Waals surface area contributed by atoms with Gasteiger partial charge in [0.2, 0.25) is 0 Å². The van der Waals surface area contributed by atoms with E-state index in [9.17, 15) is 0 Å². The molecular weight excluding hydrogens is 259 g/mol. The highest BCUT2D eigenvalue weighted by atomic mass is 79.9. The summed E-state index contributed by atoms with van der Waals surface area (Å²) in [6, 6.07) is 6.26. The number of hydrogen-bond donors (Lipinski definition) is 0. The summed E-state index contributed by atoms with van der Waals surface area (Å²) in [6.07, 6.45) is 1.22. The summed E-state index contributed by atoms with van der Waals surface area (Å²) >= 11 is 3.52. The summed E-state index contributed by atoms with van der Waals surface area (Å²) in [6.45, 7) is 9.11. The lowest BCUT2D eigenvalue weighted by molar-refractivity contribution is 0.408. The molecule has 0 saturated carbocycles. The molecule has 0 N–H and O–H groups in total. The van der Waals surface area contributed by atoms with Crippen LogP contribution < -0.4 is 5.46 Å². The van der Waals surface area contributed by atoms with Crippen LogP contribution in [0.4, 0.5) is 0 Å². The summed E-state index contributed by atoms with van der Waals surface area (Å²) in [7, 11) is 5.90. The lowest BCUT2D eigenvalue weighted by Crippen LogP contribution is -2.13. The SMILES string of the molecule is [B]c1cc(Br)cc(C(CC(C)C)C(C)C)c1. The Balaban J connectivity index is 3.00. The van der Waals surface area contributed by atoms with Crippen molar-refractivity contribution >= 4 is 29.2 Å². The van der Waals surface area contributed by atoms with Crippen molar-refractivity contribution in [3.05, 3.63) is 28.2 Å². The van der Waals surface area contributed by atoms with Crippen molar-refractivity contribution in [3.63, 3.8) is 0 Å². The van der Waals surface area contributed by atoms with Crippen LogP contribution in [0.25, 0.3) is 0 Å². The third kappa shape index (κ3) is 3.97. The van der Waals surface area contributed by atoms with Crippen LogP contribution in [0.15, 0.2) is 22.7 Å². The van der Waals surface area contributed by atoms with Crippen molar-refractivity contribution in [1.82, 2.24) is 0 Å². The van der Waals surface area contributed by atoms with Crippen LogP contribution in [0.3, 0.4) is 0 Å². The predicted molar refractivity (Wildman–Crippen MR) is 76.6 cm³/mol. The van der Waals surface area contributed by atoms with Crippen LogP contribution in [0.1, 0.15) is 45.6 Å². The van der Waals surface area contributed by atoms with Crippen LogP contribution in [-0.2, 0) is 0 Å². The lowest BCUT2D eigenvalue weighted by Gasteiger charge is -2.24. The van der Waals surface area contributed by atoms with E-state index in [1.165, 1.54) is 12.0 Å². The molecule has 0 spiro atoms. The Kier molecular flexibility index (Phi) is 5.10. The minimum absolute atomic E-state index is 0.597. The Morgan fingerprint density at radius 3 is 2.19 bits per heavy atom. The van der Waals surface area contributed by atoms with Gasteiger partial charge in [0, 0.05) is 4.47 Å². The quantitative estimate of drug-likeness (QED) is 0.730. The fourth-order valence-electron chi connectivity index (χ4n) is 2.15. The Morgan fingerprint density at radius 1 is 1.12 bits per heavy atom. The predicted octanol–water partition coefficient (Wildman–Crippen LogP) is 4.03. The molecule has 0 saturated heterocycles. The highest BCUT2D eigenvalue weighted by Crippen LogP contribution is 2.31. The van der Waals surface area contributed by atoms with Gasteiger partial charge in [0.15, 0.2) is 0 Å². The summed E-state index contributed by atoms with van der Waals surface area (Å²) in [5.41, 5.74) is 2.20. The smallest absolute Gasteiger partial charge is 0.0953 e. The lowest BCUT2D eigenvalue weighted by atomic mass is 9.80. The van der Waals surface area contributed by atoms with Crippen molar-refractivity contribution < 1.29 is 0 Å². The van der Waals surface area contributed by atoms with Crippen LogP contribution >= 0.6 is 15.9 Å². The van der Waals surface area contributed by atoms with Crippen molar-refractivity contribution in [3.8, 4) is 0 Å². The monoisotopic (exact) mass is 278 g/mol. The molecule has 0 aliphatic rings. The standard InChI is InChI=1S/C14H20BBr/c1-9(2)5-14(10(3)4)11-6-12(15)8-13(16)7-11/h6-10,14H,5H2,1-4H3. The largest absolute Gasteiger partial charge is 0.113 e. The first-order valence-electron chi connectivity index (χ1n) is 5.96. The molecule has 2 heteroatoms. The maximum atomic E-state index is 5.90. The molecule has 1 unspecified atom stereocenters. The van der Waals surface area contributed by atoms with Gasteiger partial charge in [0.25, 0.3) is 0 Å². The van der Waals surface area contributed by atoms with Crippen LogP contribution in [-0.4, -0.2) is 7.85 Å². The molecule has 1 aromatic rings. The molecule has 2 radical (unpaired) electrons. The average Bonchev–Trinajstić information content (AvgIpc) is 2.11. The topological polar surface area (TPSA) is 0 Å². The molecule has 0 aromatic heterocycles. The van der Waals surface area contributed by atoms with Gasteiger partial charge in [0.1, 0.15) is 7.85 Å². The molecule has 16 heavy (non-hydrogen) atoms. The second-order valence-electron chi connectivity index (χ2n) is 5.30. The van der Waals surface area contributed by atoms with E-state index in [1.807, 2.05) is 6.07 Å². The summed E-state index contributed by atoms with van der Waals surface area (Å²) in [4.78, 5) is 0. The summed E-state index contributed by atoms with van der Waals surface area (Å²) in [5, 5.41) is 0. The molecule has 0 bridgehead atoms. The molecule has 1 atom stereocenters. The minimum Gasteiger partial charge on any atom is -0.0953 e. The number of hydrogen-bond acceptors (Lipinski definition) is 0. The van der Waals surface area contributed by atoms with E-state index in [1.54, 1.807) is 0 Å². The van der Waals surface area contributed by atoms with Crippen LogP contribution in [0, 0.1) is 11.8 Å². The highest BCUT2D eigenvalue weighted by Gasteiger charge is 2.17. The highest BCUT2D eigenvalue weighted by molar-refractivity contribution is 9.10. The average molecular weight is 279 g/mol. The van der Waals surface area contributed by atoms with Crippen LogP contribution in [0.2, 0.25) is 0 Å². The van der Waals surface area contributed by atoms with Gasteiger partial charge in [-0.15, -0.1) is 0 Å². The van der Waals surface area contributed by atoms with E-state index in [0.717, 1.165) is 9.94 Å². The van der Waals surface area contributed by atoms with Gasteiger partial charge in [-0.2, -0.15) is 0 Å². The number of rotatable bonds is 4. The van der Waals surface area contributed by atoms with Gasteiger partial charge in [0.05, 0.1) is 0 Å². The minimum atomic E-state index is 0.597. The zero-order chi connectivity index (χ0) is 12.3. The van der Waals surface area contributed by atoms with E-state index in [-0.39, 0.29) is 0 Å². The van der Waals surface area contributed by atoms with Crippen LogP contribution in [0.5, 0.6) is 0 Å². The molecule has 0 aliphatic carbocycles. The zero-order valence-corrected chi connectivity index (χ0v) is 12.2. The summed E-state index contributed by atoms with van der Waals surface area (Å²) in [5.74, 6) is 1.96. The molecule has 86 valence electrons. The third-order valence-electron chi connectivity index (χ3n) is 2.90. The fraction of sp³-hybridized carbons (Fsp3) is 0.571. The van der Waals surface area contributed by atoms with Crippen molar-refractivity contribution in [2.45, 2.75) is 40.0 Å². The second kappa shape index (κ2) is 5.91. The molecule has 0 amide bonds. The van der Waals surface area contributed by atoms with Gasteiger partial charge >= 0.3 is 0 Å². The first-order valence-corrected chi connectivity index (χ1v) is 6.75.